The van der Waals surface area contributed by atoms with Crippen molar-refractivity contribution in [2.45, 2.75) is 25.8 Å². The fourth-order valence-electron chi connectivity index (χ4n) is 2.41. The number of carbonyl (C=O) groups excluding carboxylic acids is 1. The van der Waals surface area contributed by atoms with Gasteiger partial charge in [0.1, 0.15) is 0 Å². The van der Waals surface area contributed by atoms with Crippen LogP contribution in [-0.2, 0) is 19.4 Å². The number of hydrogen-bond acceptors (Lipinski definition) is 2. The van der Waals surface area contributed by atoms with Gasteiger partial charge in [0.2, 0.25) is 0 Å². The highest BCUT2D eigenvalue weighted by Crippen LogP contribution is 2.30. The molecule has 1 aromatic heterocycles. The van der Waals surface area contributed by atoms with E-state index in [1.54, 1.807) is 12.1 Å². The molecule has 5 heteroatoms. The highest BCUT2D eigenvalue weighted by Gasteiger charge is 2.16. The van der Waals surface area contributed by atoms with E-state index in [2.05, 4.69) is 27.3 Å². The molecule has 2 aromatic rings. The molecule has 0 aliphatic heterocycles. The lowest BCUT2D eigenvalue weighted by Crippen LogP contribution is -2.22. The molecule has 0 radical (unpaired) electrons. The fourth-order valence-corrected chi connectivity index (χ4v) is 4.18. The van der Waals surface area contributed by atoms with E-state index in [4.69, 9.17) is 11.6 Å². The highest BCUT2D eigenvalue weighted by atomic mass is 79.9. The molecule has 1 N–H and O–H groups in total. The molecule has 0 fully saturated rings. The van der Waals surface area contributed by atoms with E-state index < -0.39 is 0 Å². The zero-order valence-electron chi connectivity index (χ0n) is 10.7. The van der Waals surface area contributed by atoms with Crippen molar-refractivity contribution in [1.82, 2.24) is 5.32 Å². The smallest absolute Gasteiger partial charge is 0.253 e. The summed E-state index contributed by atoms with van der Waals surface area (Å²) in [6, 6.07) is 7.50. The van der Waals surface area contributed by atoms with Crippen molar-refractivity contribution in [3.05, 3.63) is 54.6 Å². The molecule has 0 saturated carbocycles. The molecule has 0 unspecified atom stereocenters. The van der Waals surface area contributed by atoms with Crippen LogP contribution in [0.4, 0.5) is 0 Å². The fraction of sp³-hybridized carbons (Fsp3) is 0.267. The number of aryl methyl sites for hydroxylation is 2. The minimum absolute atomic E-state index is 0.134. The molecule has 0 saturated heterocycles. The standard InChI is InChI=1S/C15H13BrClNOS/c16-10-4-5-13(17)12(7-10)15(19)18-8-11-6-9-2-1-3-14(9)20-11/h4-7H,1-3,8H2,(H,18,19). The van der Waals surface area contributed by atoms with Crippen LogP contribution in [0.15, 0.2) is 28.7 Å². The van der Waals surface area contributed by atoms with Gasteiger partial charge in [-0.2, -0.15) is 0 Å². The van der Waals surface area contributed by atoms with Crippen molar-refractivity contribution in [2.75, 3.05) is 0 Å². The van der Waals surface area contributed by atoms with Crippen molar-refractivity contribution in [2.24, 2.45) is 0 Å². The topological polar surface area (TPSA) is 29.1 Å². The second-order valence-electron chi connectivity index (χ2n) is 4.82. The monoisotopic (exact) mass is 369 g/mol. The first kappa shape index (κ1) is 14.1. The van der Waals surface area contributed by atoms with E-state index in [9.17, 15) is 4.79 Å². The number of thiophene rings is 1. The van der Waals surface area contributed by atoms with Crippen molar-refractivity contribution in [1.29, 1.82) is 0 Å². The predicted molar refractivity (Wildman–Crippen MR) is 86.7 cm³/mol. The Bertz CT molecular complexity index is 646. The number of nitrogens with one attached hydrogen (secondary N) is 1. The highest BCUT2D eigenvalue weighted by molar-refractivity contribution is 9.10. The van der Waals surface area contributed by atoms with Gasteiger partial charge in [0.15, 0.2) is 0 Å². The molecule has 0 atom stereocenters. The van der Waals surface area contributed by atoms with E-state index in [-0.39, 0.29) is 5.91 Å². The summed E-state index contributed by atoms with van der Waals surface area (Å²) >= 11 is 11.2. The summed E-state index contributed by atoms with van der Waals surface area (Å²) in [6.07, 6.45) is 3.63. The Balaban J connectivity index is 1.68. The third-order valence-corrected chi connectivity index (χ3v) is 5.45. The Labute approximate surface area is 135 Å². The van der Waals surface area contributed by atoms with E-state index in [0.29, 0.717) is 17.1 Å². The Kier molecular flexibility index (Phi) is 4.15. The molecule has 2 nitrogen and oxygen atoms in total. The van der Waals surface area contributed by atoms with E-state index in [1.165, 1.54) is 34.6 Å². The van der Waals surface area contributed by atoms with Crippen molar-refractivity contribution >= 4 is 44.8 Å². The Hall–Kier alpha value is -0.840. The molecule has 1 aromatic carbocycles. The first-order valence-corrected chi connectivity index (χ1v) is 8.46. The molecule has 1 aliphatic rings. The molecule has 1 heterocycles. The van der Waals surface area contributed by atoms with Gasteiger partial charge in [-0.25, -0.2) is 0 Å². The zero-order chi connectivity index (χ0) is 14.1. The van der Waals surface area contributed by atoms with Gasteiger partial charge in [-0.15, -0.1) is 11.3 Å². The normalized spacial score (nSPS) is 13.3. The van der Waals surface area contributed by atoms with Crippen LogP contribution in [0.3, 0.4) is 0 Å². The maximum Gasteiger partial charge on any atom is 0.253 e. The summed E-state index contributed by atoms with van der Waals surface area (Å²) in [4.78, 5) is 14.9. The van der Waals surface area contributed by atoms with Crippen molar-refractivity contribution in [3.63, 3.8) is 0 Å². The molecule has 3 rings (SSSR count). The average Bonchev–Trinajstić information content (AvgIpc) is 2.99. The Morgan fingerprint density at radius 3 is 3.00 bits per heavy atom. The third kappa shape index (κ3) is 2.92. The molecular weight excluding hydrogens is 358 g/mol. The maximum atomic E-state index is 12.2. The molecule has 0 spiro atoms. The summed E-state index contributed by atoms with van der Waals surface area (Å²) < 4.78 is 0.849. The minimum Gasteiger partial charge on any atom is -0.347 e. The SMILES string of the molecule is O=C(NCc1cc2c(s1)CCC2)c1cc(Br)ccc1Cl. The Morgan fingerprint density at radius 1 is 1.35 bits per heavy atom. The van der Waals surface area contributed by atoms with Crippen LogP contribution in [0.5, 0.6) is 0 Å². The van der Waals surface area contributed by atoms with Crippen LogP contribution < -0.4 is 5.32 Å². The number of rotatable bonds is 3. The largest absolute Gasteiger partial charge is 0.347 e. The van der Waals surface area contributed by atoms with Gasteiger partial charge in [-0.3, -0.25) is 4.79 Å². The van der Waals surface area contributed by atoms with Crippen molar-refractivity contribution < 1.29 is 4.79 Å². The van der Waals surface area contributed by atoms with Gasteiger partial charge in [-0.1, -0.05) is 27.5 Å². The van der Waals surface area contributed by atoms with Gasteiger partial charge in [-0.05, 0) is 49.1 Å². The number of hydrogen-bond donors (Lipinski definition) is 1. The van der Waals surface area contributed by atoms with Crippen LogP contribution in [0.2, 0.25) is 5.02 Å². The third-order valence-electron chi connectivity index (χ3n) is 3.39. The zero-order valence-corrected chi connectivity index (χ0v) is 13.9. The van der Waals surface area contributed by atoms with Gasteiger partial charge in [0.25, 0.3) is 5.91 Å². The number of halogens is 2. The second-order valence-corrected chi connectivity index (χ2v) is 7.37. The van der Waals surface area contributed by atoms with E-state index in [1.807, 2.05) is 17.4 Å². The summed E-state index contributed by atoms with van der Waals surface area (Å²) in [5.41, 5.74) is 1.96. The number of fused-ring (bicyclic) bond motifs is 1. The van der Waals surface area contributed by atoms with Crippen LogP contribution >= 0.6 is 38.9 Å². The maximum absolute atomic E-state index is 12.2. The van der Waals surface area contributed by atoms with Gasteiger partial charge in [0.05, 0.1) is 17.1 Å². The van der Waals surface area contributed by atoms with Crippen molar-refractivity contribution in [3.8, 4) is 0 Å². The lowest BCUT2D eigenvalue weighted by Gasteiger charge is -2.06. The molecule has 104 valence electrons. The summed E-state index contributed by atoms with van der Waals surface area (Å²) in [5, 5.41) is 3.41. The van der Waals surface area contributed by atoms with Gasteiger partial charge in [0, 0.05) is 14.2 Å². The second kappa shape index (κ2) is 5.88. The van der Waals surface area contributed by atoms with Crippen LogP contribution in [0.25, 0.3) is 0 Å². The molecule has 1 amide bonds. The Morgan fingerprint density at radius 2 is 2.20 bits per heavy atom. The number of benzene rings is 1. The lowest BCUT2D eigenvalue weighted by atomic mass is 10.2. The predicted octanol–water partition coefficient (Wildman–Crippen LogP) is 4.58. The summed E-state index contributed by atoms with van der Waals surface area (Å²) in [5.74, 6) is -0.134. The summed E-state index contributed by atoms with van der Waals surface area (Å²) in [6.45, 7) is 0.569. The molecule has 20 heavy (non-hydrogen) atoms. The first-order chi connectivity index (χ1) is 9.63. The summed E-state index contributed by atoms with van der Waals surface area (Å²) in [7, 11) is 0. The van der Waals surface area contributed by atoms with Crippen LogP contribution in [0.1, 0.15) is 32.1 Å². The average molecular weight is 371 g/mol. The minimum atomic E-state index is -0.134. The lowest BCUT2D eigenvalue weighted by molar-refractivity contribution is 0.0951. The molecular formula is C15H13BrClNOS. The first-order valence-electron chi connectivity index (χ1n) is 6.47. The quantitative estimate of drug-likeness (QED) is 0.841. The van der Waals surface area contributed by atoms with E-state index >= 15 is 0 Å². The van der Waals surface area contributed by atoms with E-state index in [0.717, 1.165) is 4.47 Å². The number of carbonyl (C=O) groups is 1. The van der Waals surface area contributed by atoms with Gasteiger partial charge >= 0.3 is 0 Å². The molecule has 1 aliphatic carbocycles. The molecule has 0 bridgehead atoms. The van der Waals surface area contributed by atoms with Crippen LogP contribution in [-0.4, -0.2) is 5.91 Å². The van der Waals surface area contributed by atoms with Gasteiger partial charge < -0.3 is 5.32 Å². The van der Waals surface area contributed by atoms with Crippen LogP contribution in [0, 0.1) is 0 Å². The number of amides is 1.